The first-order chi connectivity index (χ1) is 30.8. The molecule has 10 aromatic rings. The highest BCUT2D eigenvalue weighted by Gasteiger charge is 2.35. The second kappa shape index (κ2) is 14.8. The van der Waals surface area contributed by atoms with Gasteiger partial charge in [0.2, 0.25) is 0 Å². The van der Waals surface area contributed by atoms with Gasteiger partial charge in [0, 0.05) is 56.1 Å². The zero-order chi connectivity index (χ0) is 41.0. The molecule has 12 rings (SSSR count). The van der Waals surface area contributed by atoms with E-state index in [1.807, 2.05) is 6.07 Å². The third kappa shape index (κ3) is 5.97. The van der Waals surface area contributed by atoms with E-state index in [1.54, 1.807) is 0 Å². The van der Waals surface area contributed by atoms with E-state index >= 15 is 0 Å². The Morgan fingerprint density at radius 1 is 0.468 bits per heavy atom. The van der Waals surface area contributed by atoms with Gasteiger partial charge < -0.3 is 4.57 Å². The van der Waals surface area contributed by atoms with Gasteiger partial charge in [-0.05, 0) is 47.5 Å². The molecule has 3 aromatic heterocycles. The van der Waals surface area contributed by atoms with Gasteiger partial charge in [-0.15, -0.1) is 0 Å². The summed E-state index contributed by atoms with van der Waals surface area (Å²) >= 11 is 0. The van der Waals surface area contributed by atoms with E-state index in [0.29, 0.717) is 5.82 Å². The van der Waals surface area contributed by atoms with Gasteiger partial charge in [0.25, 0.3) is 0 Å². The number of hydrogen-bond donors (Lipinski definition) is 0. The molecule has 0 amide bonds. The normalized spacial score (nSPS) is 15.4. The lowest BCUT2D eigenvalue weighted by molar-refractivity contribution is 0.624. The van der Waals surface area contributed by atoms with Crippen LogP contribution in [0.3, 0.4) is 0 Å². The van der Waals surface area contributed by atoms with E-state index in [9.17, 15) is 0 Å². The molecule has 4 heterocycles. The summed E-state index contributed by atoms with van der Waals surface area (Å²) < 4.78 is 4.55. The van der Waals surface area contributed by atoms with Crippen LogP contribution in [0.5, 0.6) is 0 Å². The monoisotopic (exact) mass is 793 g/mol. The molecule has 0 N–H and O–H groups in total. The first-order valence-electron chi connectivity index (χ1n) is 21.2. The van der Waals surface area contributed by atoms with Crippen LogP contribution in [0, 0.1) is 5.92 Å². The first-order valence-corrected chi connectivity index (χ1v) is 21.2. The standard InChI is InChI=1S/C57H39N5/c1-5-19-38(20-6-1)48-37-49(59-57(58-48)47-32-18-34-51-54(47)46-31-15-16-33-50(46)61(51)44-28-11-4-12-29-44)42-26-17-27-43(35-42)53-55(40-23-9-3-10-24-40)60-62-52(39-21-7-2-8-22-39)36-41-25-13-14-30-45(41)56(53)62/h1-37,41,45H. The van der Waals surface area contributed by atoms with Crippen LogP contribution in [0.4, 0.5) is 0 Å². The Balaban J connectivity index is 1.08. The second-order valence-corrected chi connectivity index (χ2v) is 16.0. The molecule has 62 heavy (non-hydrogen) atoms. The maximum absolute atomic E-state index is 5.50. The van der Waals surface area contributed by atoms with Crippen LogP contribution < -0.4 is 0 Å². The van der Waals surface area contributed by atoms with Crippen LogP contribution in [-0.4, -0.2) is 24.3 Å². The van der Waals surface area contributed by atoms with Gasteiger partial charge in [-0.1, -0.05) is 188 Å². The van der Waals surface area contributed by atoms with E-state index < -0.39 is 0 Å². The quantitative estimate of drug-likeness (QED) is 0.161. The Labute approximate surface area is 359 Å². The topological polar surface area (TPSA) is 48.5 Å². The summed E-state index contributed by atoms with van der Waals surface area (Å²) in [5.74, 6) is 0.990. The smallest absolute Gasteiger partial charge is 0.161 e. The molecule has 0 radical (unpaired) electrons. The molecule has 2 atom stereocenters. The predicted molar refractivity (Wildman–Crippen MR) is 254 cm³/mol. The molecule has 0 fully saturated rings. The minimum atomic E-state index is 0.116. The minimum absolute atomic E-state index is 0.116. The lowest BCUT2D eigenvalue weighted by atomic mass is 9.79. The molecule has 0 saturated carbocycles. The van der Waals surface area contributed by atoms with Gasteiger partial charge in [-0.3, -0.25) is 0 Å². The van der Waals surface area contributed by atoms with Crippen LogP contribution in [0.2, 0.25) is 0 Å². The van der Waals surface area contributed by atoms with Crippen molar-refractivity contribution in [1.82, 2.24) is 24.3 Å². The Bertz CT molecular complexity index is 3390. The zero-order valence-electron chi connectivity index (χ0n) is 33.8. The Morgan fingerprint density at radius 3 is 1.84 bits per heavy atom. The first kappa shape index (κ1) is 35.8. The third-order valence-corrected chi connectivity index (χ3v) is 12.3. The summed E-state index contributed by atoms with van der Waals surface area (Å²) in [5.41, 5.74) is 15.8. The van der Waals surface area contributed by atoms with Crippen LogP contribution in [-0.2, 0) is 0 Å². The average molecular weight is 794 g/mol. The van der Waals surface area contributed by atoms with Gasteiger partial charge in [0.05, 0.1) is 33.8 Å². The number of benzene rings is 7. The van der Waals surface area contributed by atoms with E-state index in [-0.39, 0.29) is 11.8 Å². The lowest BCUT2D eigenvalue weighted by Gasteiger charge is -2.30. The van der Waals surface area contributed by atoms with Crippen molar-refractivity contribution in [1.29, 1.82) is 0 Å². The van der Waals surface area contributed by atoms with Crippen molar-refractivity contribution in [3.8, 4) is 62.0 Å². The number of nitrogens with zero attached hydrogens (tertiary/aromatic N) is 5. The van der Waals surface area contributed by atoms with Gasteiger partial charge in [-0.2, -0.15) is 5.10 Å². The summed E-state index contributed by atoms with van der Waals surface area (Å²) in [7, 11) is 0. The van der Waals surface area contributed by atoms with Crippen LogP contribution in [0.1, 0.15) is 17.2 Å². The summed E-state index contributed by atoms with van der Waals surface area (Å²) in [6.45, 7) is 0. The Kier molecular flexibility index (Phi) is 8.56. The summed E-state index contributed by atoms with van der Waals surface area (Å²) in [6.07, 6.45) is 11.4. The third-order valence-electron chi connectivity index (χ3n) is 12.3. The fourth-order valence-corrected chi connectivity index (χ4v) is 9.51. The van der Waals surface area contributed by atoms with Gasteiger partial charge >= 0.3 is 0 Å². The van der Waals surface area contributed by atoms with Crippen molar-refractivity contribution >= 4 is 27.5 Å². The van der Waals surface area contributed by atoms with E-state index in [2.05, 4.69) is 228 Å². The molecule has 2 aliphatic rings. The highest BCUT2D eigenvalue weighted by molar-refractivity contribution is 6.15. The molecule has 0 spiro atoms. The molecule has 0 bridgehead atoms. The summed E-state index contributed by atoms with van der Waals surface area (Å²) in [5, 5.41) is 7.78. The van der Waals surface area contributed by atoms with Crippen molar-refractivity contribution < 1.29 is 0 Å². The van der Waals surface area contributed by atoms with Gasteiger partial charge in [-0.25, -0.2) is 14.6 Å². The van der Waals surface area contributed by atoms with Gasteiger partial charge in [0.1, 0.15) is 5.69 Å². The number of allylic oxidation sites excluding steroid dienone is 5. The summed E-state index contributed by atoms with van der Waals surface area (Å²) in [4.78, 5) is 10.8. The van der Waals surface area contributed by atoms with E-state index in [0.717, 1.165) is 89.2 Å². The highest BCUT2D eigenvalue weighted by atomic mass is 15.3. The van der Waals surface area contributed by atoms with E-state index in [4.69, 9.17) is 15.1 Å². The molecule has 1 aliphatic carbocycles. The minimum Gasteiger partial charge on any atom is -0.309 e. The second-order valence-electron chi connectivity index (χ2n) is 16.0. The van der Waals surface area contributed by atoms with Crippen molar-refractivity contribution in [2.24, 2.45) is 5.92 Å². The molecule has 5 heteroatoms. The number of para-hydroxylation sites is 2. The molecular weight excluding hydrogens is 755 g/mol. The zero-order valence-corrected chi connectivity index (χ0v) is 33.8. The molecular formula is C57H39N5. The molecule has 5 nitrogen and oxygen atoms in total. The molecule has 1 aliphatic heterocycles. The molecule has 7 aromatic carbocycles. The van der Waals surface area contributed by atoms with Gasteiger partial charge in [0.15, 0.2) is 5.82 Å². The molecule has 2 unspecified atom stereocenters. The van der Waals surface area contributed by atoms with Crippen LogP contribution in [0.25, 0.3) is 89.5 Å². The van der Waals surface area contributed by atoms with E-state index in [1.165, 1.54) is 5.69 Å². The SMILES string of the molecule is C1=CC2C=C(c3ccccc3)n3nc(-c4ccccc4)c(-c4cccc(-c5cc(-c6ccccc6)nc(-c6cccc7c6c6ccccc6n7-c6ccccc6)n5)c4)c3C2C=C1. The number of aromatic nitrogens is 5. The van der Waals surface area contributed by atoms with Crippen molar-refractivity contribution in [3.05, 3.63) is 236 Å². The van der Waals surface area contributed by atoms with Crippen LogP contribution in [0.15, 0.2) is 225 Å². The largest absolute Gasteiger partial charge is 0.309 e. The lowest BCUT2D eigenvalue weighted by Crippen LogP contribution is -2.21. The fourth-order valence-electron chi connectivity index (χ4n) is 9.51. The van der Waals surface area contributed by atoms with Crippen molar-refractivity contribution in [3.63, 3.8) is 0 Å². The van der Waals surface area contributed by atoms with Crippen molar-refractivity contribution in [2.45, 2.75) is 5.92 Å². The highest BCUT2D eigenvalue weighted by Crippen LogP contribution is 2.48. The Hall–Kier alpha value is -8.15. The predicted octanol–water partition coefficient (Wildman–Crippen LogP) is 13.8. The number of fused-ring (bicyclic) bond motifs is 6. The average Bonchev–Trinajstić information content (AvgIpc) is 3.92. The molecule has 292 valence electrons. The summed E-state index contributed by atoms with van der Waals surface area (Å²) in [6, 6.07) is 68.4. The van der Waals surface area contributed by atoms with Crippen LogP contribution >= 0.6 is 0 Å². The maximum atomic E-state index is 5.50. The number of rotatable bonds is 7. The van der Waals surface area contributed by atoms with Crippen molar-refractivity contribution in [2.75, 3.05) is 0 Å². The fraction of sp³-hybridized carbons (Fsp3) is 0.0351. The Morgan fingerprint density at radius 2 is 1.06 bits per heavy atom. The number of hydrogen-bond acceptors (Lipinski definition) is 3. The molecule has 0 saturated heterocycles. The maximum Gasteiger partial charge on any atom is 0.161 e.